The van der Waals surface area contributed by atoms with Crippen LogP contribution < -0.4 is 0 Å². The summed E-state index contributed by atoms with van der Waals surface area (Å²) in [6.07, 6.45) is 4.87. The van der Waals surface area contributed by atoms with Crippen molar-refractivity contribution in [1.29, 1.82) is 0 Å². The Morgan fingerprint density at radius 2 is 2.21 bits per heavy atom. The number of aromatic nitrogens is 4. The maximum atomic E-state index is 11.8. The molecule has 0 aliphatic carbocycles. The van der Waals surface area contributed by atoms with E-state index in [4.69, 9.17) is 4.74 Å². The molecule has 0 bridgehead atoms. The van der Waals surface area contributed by atoms with E-state index in [1.165, 1.54) is 6.33 Å². The molecule has 0 aliphatic heterocycles. The van der Waals surface area contributed by atoms with Crippen LogP contribution in [-0.4, -0.2) is 32.5 Å². The molecule has 2 rings (SSSR count). The summed E-state index contributed by atoms with van der Waals surface area (Å²) < 4.78 is 5.10. The van der Waals surface area contributed by atoms with Crippen molar-refractivity contribution >= 4 is 5.97 Å². The van der Waals surface area contributed by atoms with Gasteiger partial charge in [-0.3, -0.25) is 0 Å². The van der Waals surface area contributed by atoms with Crippen LogP contribution in [0.2, 0.25) is 0 Å². The molecule has 0 saturated carbocycles. The van der Waals surface area contributed by atoms with E-state index >= 15 is 0 Å². The largest absolute Gasteiger partial charge is 0.461 e. The quantitative estimate of drug-likeness (QED) is 0.658. The summed E-state index contributed by atoms with van der Waals surface area (Å²) in [6, 6.07) is 1.58. The summed E-state index contributed by atoms with van der Waals surface area (Å²) in [6.45, 7) is 4.35. The lowest BCUT2D eigenvalue weighted by Crippen LogP contribution is -2.09. The molecule has 0 amide bonds. The van der Waals surface area contributed by atoms with Crippen LogP contribution in [0.15, 0.2) is 18.6 Å². The minimum atomic E-state index is -0.430. The zero-order valence-corrected chi connectivity index (χ0v) is 11.0. The van der Waals surface area contributed by atoms with Crippen LogP contribution in [-0.2, 0) is 4.74 Å². The minimum Gasteiger partial charge on any atom is -0.461 e. The van der Waals surface area contributed by atoms with Crippen LogP contribution in [0.4, 0.5) is 0 Å². The molecule has 0 aromatic carbocycles. The molecule has 0 unspecified atom stereocenters. The van der Waals surface area contributed by atoms with Gasteiger partial charge >= 0.3 is 5.97 Å². The van der Waals surface area contributed by atoms with Gasteiger partial charge in [0.05, 0.1) is 6.61 Å². The number of nitrogens with one attached hydrogen (secondary N) is 1. The Kier molecular flexibility index (Phi) is 4.22. The number of aromatic amines is 1. The second-order valence-electron chi connectivity index (χ2n) is 4.19. The van der Waals surface area contributed by atoms with Gasteiger partial charge in [-0.05, 0) is 13.3 Å². The fraction of sp³-hybridized carbons (Fsp3) is 0.385. The van der Waals surface area contributed by atoms with E-state index in [1.807, 2.05) is 13.8 Å². The van der Waals surface area contributed by atoms with Crippen molar-refractivity contribution in [3.8, 4) is 11.5 Å². The van der Waals surface area contributed by atoms with Crippen molar-refractivity contribution < 1.29 is 9.53 Å². The molecular weight excluding hydrogens is 244 g/mol. The molecule has 0 aliphatic rings. The number of imidazole rings is 1. The topological polar surface area (TPSA) is 80.8 Å². The van der Waals surface area contributed by atoms with E-state index < -0.39 is 5.97 Å². The third-order valence-electron chi connectivity index (χ3n) is 2.55. The first-order chi connectivity index (χ1) is 9.20. The molecule has 6 nitrogen and oxygen atoms in total. The first kappa shape index (κ1) is 13.2. The Balaban J connectivity index is 2.13. The third kappa shape index (κ3) is 3.37. The summed E-state index contributed by atoms with van der Waals surface area (Å²) in [5.41, 5.74) is 1.75. The predicted octanol–water partition coefficient (Wildman–Crippen LogP) is 2.13. The monoisotopic (exact) mass is 260 g/mol. The number of esters is 1. The van der Waals surface area contributed by atoms with Gasteiger partial charge < -0.3 is 9.72 Å². The molecule has 0 saturated heterocycles. The first-order valence-electron chi connectivity index (χ1n) is 6.22. The second kappa shape index (κ2) is 6.08. The van der Waals surface area contributed by atoms with E-state index in [2.05, 4.69) is 19.9 Å². The smallest absolute Gasteiger partial charge is 0.357 e. The van der Waals surface area contributed by atoms with Gasteiger partial charge in [0.25, 0.3) is 0 Å². The summed E-state index contributed by atoms with van der Waals surface area (Å²) in [4.78, 5) is 27.0. The zero-order chi connectivity index (χ0) is 13.7. The predicted molar refractivity (Wildman–Crippen MR) is 69.5 cm³/mol. The van der Waals surface area contributed by atoms with Gasteiger partial charge in [-0.2, -0.15) is 0 Å². The molecule has 0 atom stereocenters. The average Bonchev–Trinajstić information content (AvgIpc) is 2.86. The standard InChI is InChI=1S/C13H16N4O2/c1-3-4-5-19-13(18)11-6-10(15-8-16-11)12-14-7-9(2)17-12/h6-8H,3-5H2,1-2H3,(H,14,17). The number of carbonyl (C=O) groups excluding carboxylic acids is 1. The molecule has 2 aromatic heterocycles. The van der Waals surface area contributed by atoms with Crippen LogP contribution in [0.1, 0.15) is 35.9 Å². The Labute approximate surface area is 111 Å². The highest BCUT2D eigenvalue weighted by Gasteiger charge is 2.12. The van der Waals surface area contributed by atoms with Crippen LogP contribution in [0.3, 0.4) is 0 Å². The molecule has 6 heteroatoms. The summed E-state index contributed by atoms with van der Waals surface area (Å²) in [7, 11) is 0. The Bertz CT molecular complexity index is 565. The fourth-order valence-corrected chi connectivity index (χ4v) is 1.52. The lowest BCUT2D eigenvalue weighted by molar-refractivity contribution is 0.0492. The number of hydrogen-bond acceptors (Lipinski definition) is 5. The van der Waals surface area contributed by atoms with Crippen LogP contribution in [0.5, 0.6) is 0 Å². The molecule has 0 spiro atoms. The van der Waals surface area contributed by atoms with Gasteiger partial charge in [0.2, 0.25) is 0 Å². The number of nitrogens with zero attached hydrogens (tertiary/aromatic N) is 3. The van der Waals surface area contributed by atoms with Gasteiger partial charge in [0.1, 0.15) is 12.0 Å². The van der Waals surface area contributed by atoms with Gasteiger partial charge in [0, 0.05) is 18.0 Å². The Morgan fingerprint density at radius 3 is 2.89 bits per heavy atom. The molecular formula is C13H16N4O2. The number of ether oxygens (including phenoxy) is 1. The number of hydrogen-bond donors (Lipinski definition) is 1. The maximum absolute atomic E-state index is 11.8. The van der Waals surface area contributed by atoms with Crippen molar-refractivity contribution in [1.82, 2.24) is 19.9 Å². The van der Waals surface area contributed by atoms with Crippen LogP contribution in [0.25, 0.3) is 11.5 Å². The number of aryl methyl sites for hydroxylation is 1. The molecule has 100 valence electrons. The molecule has 19 heavy (non-hydrogen) atoms. The number of H-pyrrole nitrogens is 1. The fourth-order valence-electron chi connectivity index (χ4n) is 1.52. The highest BCUT2D eigenvalue weighted by molar-refractivity contribution is 5.88. The Hall–Kier alpha value is -2.24. The van der Waals surface area contributed by atoms with Crippen molar-refractivity contribution in [2.45, 2.75) is 26.7 Å². The lowest BCUT2D eigenvalue weighted by Gasteiger charge is -2.03. The summed E-state index contributed by atoms with van der Waals surface area (Å²) in [5.74, 6) is 0.183. The molecule has 0 fully saturated rings. The average molecular weight is 260 g/mol. The van der Waals surface area contributed by atoms with Crippen molar-refractivity contribution in [2.24, 2.45) is 0 Å². The molecule has 1 N–H and O–H groups in total. The number of carbonyl (C=O) groups is 1. The molecule has 2 aromatic rings. The lowest BCUT2D eigenvalue weighted by atomic mass is 10.3. The van der Waals surface area contributed by atoms with E-state index in [1.54, 1.807) is 12.3 Å². The minimum absolute atomic E-state index is 0.246. The second-order valence-corrected chi connectivity index (χ2v) is 4.19. The Morgan fingerprint density at radius 1 is 1.37 bits per heavy atom. The van der Waals surface area contributed by atoms with Gasteiger partial charge in [0.15, 0.2) is 11.5 Å². The van der Waals surface area contributed by atoms with E-state index in [9.17, 15) is 4.79 Å². The van der Waals surface area contributed by atoms with Crippen molar-refractivity contribution in [3.63, 3.8) is 0 Å². The van der Waals surface area contributed by atoms with E-state index in [0.717, 1.165) is 18.5 Å². The SMILES string of the molecule is CCCCOC(=O)c1cc(-c2ncc(C)[nH]2)ncn1. The summed E-state index contributed by atoms with van der Waals surface area (Å²) in [5, 5.41) is 0. The number of rotatable bonds is 5. The normalized spacial score (nSPS) is 10.4. The highest BCUT2D eigenvalue weighted by Crippen LogP contribution is 2.13. The van der Waals surface area contributed by atoms with Crippen LogP contribution in [0, 0.1) is 6.92 Å². The first-order valence-corrected chi connectivity index (χ1v) is 6.22. The third-order valence-corrected chi connectivity index (χ3v) is 2.55. The van der Waals surface area contributed by atoms with Crippen molar-refractivity contribution in [2.75, 3.05) is 6.61 Å². The zero-order valence-electron chi connectivity index (χ0n) is 11.0. The summed E-state index contributed by atoms with van der Waals surface area (Å²) >= 11 is 0. The van der Waals surface area contributed by atoms with Crippen molar-refractivity contribution in [3.05, 3.63) is 30.0 Å². The van der Waals surface area contributed by atoms with E-state index in [0.29, 0.717) is 18.1 Å². The highest BCUT2D eigenvalue weighted by atomic mass is 16.5. The van der Waals surface area contributed by atoms with Gasteiger partial charge in [-0.15, -0.1) is 0 Å². The van der Waals surface area contributed by atoms with Gasteiger partial charge in [-0.25, -0.2) is 19.7 Å². The van der Waals surface area contributed by atoms with Gasteiger partial charge in [-0.1, -0.05) is 13.3 Å². The molecule has 2 heterocycles. The maximum Gasteiger partial charge on any atom is 0.357 e. The van der Waals surface area contributed by atoms with E-state index in [-0.39, 0.29) is 5.69 Å². The molecule has 0 radical (unpaired) electrons. The number of unbranched alkanes of at least 4 members (excludes halogenated alkanes) is 1. The van der Waals surface area contributed by atoms with Crippen LogP contribution >= 0.6 is 0 Å².